The third kappa shape index (κ3) is 3.85. The topological polar surface area (TPSA) is 96.0 Å². The molecule has 2 aliphatic heterocycles. The number of rotatable bonds is 5. The molecule has 2 fully saturated rings. The van der Waals surface area contributed by atoms with E-state index in [0.29, 0.717) is 12.1 Å². The zero-order valence-electron chi connectivity index (χ0n) is 16.1. The first-order valence-electron chi connectivity index (χ1n) is 9.47. The maximum absolute atomic E-state index is 12.8. The van der Waals surface area contributed by atoms with E-state index in [1.165, 1.54) is 0 Å². The molecule has 8 heteroatoms. The molecule has 2 heterocycles. The molecule has 2 aliphatic rings. The predicted octanol–water partition coefficient (Wildman–Crippen LogP) is 1.40. The van der Waals surface area contributed by atoms with Gasteiger partial charge in [-0.3, -0.25) is 19.3 Å². The van der Waals surface area contributed by atoms with Crippen molar-refractivity contribution in [1.29, 1.82) is 0 Å². The molecule has 0 spiro atoms. The number of carbonyl (C=O) groups is 4. The van der Waals surface area contributed by atoms with Gasteiger partial charge in [-0.05, 0) is 38.7 Å². The minimum absolute atomic E-state index is 0.123. The molecular weight excluding hydrogens is 362 g/mol. The number of benzene rings is 1. The van der Waals surface area contributed by atoms with Crippen molar-refractivity contribution in [2.75, 3.05) is 19.7 Å². The predicted molar refractivity (Wildman–Crippen MR) is 100 cm³/mol. The lowest BCUT2D eigenvalue weighted by Gasteiger charge is -2.33. The van der Waals surface area contributed by atoms with Gasteiger partial charge in [0.05, 0.1) is 0 Å². The van der Waals surface area contributed by atoms with Crippen molar-refractivity contribution in [3.8, 4) is 0 Å². The van der Waals surface area contributed by atoms with Gasteiger partial charge in [0.25, 0.3) is 11.8 Å². The van der Waals surface area contributed by atoms with E-state index in [-0.39, 0.29) is 18.6 Å². The smallest absolute Gasteiger partial charge is 0.326 e. The number of piperidine rings is 1. The van der Waals surface area contributed by atoms with E-state index in [2.05, 4.69) is 5.32 Å². The molecule has 2 atom stereocenters. The van der Waals surface area contributed by atoms with E-state index in [0.717, 1.165) is 24.2 Å². The Labute approximate surface area is 163 Å². The summed E-state index contributed by atoms with van der Waals surface area (Å²) in [6.45, 7) is 3.30. The first-order chi connectivity index (χ1) is 13.3. The Hall–Kier alpha value is -2.90. The van der Waals surface area contributed by atoms with Gasteiger partial charge in [-0.25, -0.2) is 4.79 Å². The number of hydrogen-bond donors (Lipinski definition) is 1. The maximum Gasteiger partial charge on any atom is 0.326 e. The van der Waals surface area contributed by atoms with Crippen molar-refractivity contribution < 1.29 is 23.9 Å². The number of amides is 4. The van der Waals surface area contributed by atoms with E-state index in [4.69, 9.17) is 4.74 Å². The van der Waals surface area contributed by atoms with Crippen LogP contribution >= 0.6 is 0 Å². The van der Waals surface area contributed by atoms with Gasteiger partial charge >= 0.3 is 12.0 Å². The van der Waals surface area contributed by atoms with Crippen LogP contribution in [0.2, 0.25) is 0 Å². The van der Waals surface area contributed by atoms with Gasteiger partial charge in [0.2, 0.25) is 0 Å². The number of esters is 1. The second kappa shape index (κ2) is 8.00. The molecule has 0 saturated carbocycles. The van der Waals surface area contributed by atoms with Crippen molar-refractivity contribution in [3.63, 3.8) is 0 Å². The molecule has 1 aromatic rings. The van der Waals surface area contributed by atoms with Crippen molar-refractivity contribution in [1.82, 2.24) is 15.1 Å². The number of nitrogens with one attached hydrogen (secondary N) is 1. The second-order valence-corrected chi connectivity index (χ2v) is 7.41. The molecule has 8 nitrogen and oxygen atoms in total. The summed E-state index contributed by atoms with van der Waals surface area (Å²) in [5, 5.41) is 2.63. The Bertz CT molecular complexity index is 781. The highest BCUT2D eigenvalue weighted by Crippen LogP contribution is 2.28. The molecule has 4 amide bonds. The molecule has 0 aliphatic carbocycles. The van der Waals surface area contributed by atoms with Crippen LogP contribution < -0.4 is 5.32 Å². The molecule has 1 aromatic carbocycles. The minimum Gasteiger partial charge on any atom is -0.454 e. The Kier molecular flexibility index (Phi) is 5.67. The van der Waals surface area contributed by atoms with Crippen LogP contribution in [0, 0.1) is 0 Å². The Morgan fingerprint density at radius 2 is 1.93 bits per heavy atom. The number of nitrogens with zero attached hydrogens (tertiary/aromatic N) is 2. The Morgan fingerprint density at radius 1 is 1.21 bits per heavy atom. The third-order valence-electron chi connectivity index (χ3n) is 5.39. The number of urea groups is 1. The highest BCUT2D eigenvalue weighted by Gasteiger charge is 2.49. The zero-order chi connectivity index (χ0) is 20.3. The zero-order valence-corrected chi connectivity index (χ0v) is 16.1. The number of ether oxygens (including phenoxy) is 1. The van der Waals surface area contributed by atoms with Crippen molar-refractivity contribution >= 4 is 23.8 Å². The highest BCUT2D eigenvalue weighted by atomic mass is 16.5. The Morgan fingerprint density at radius 3 is 2.61 bits per heavy atom. The van der Waals surface area contributed by atoms with Gasteiger partial charge < -0.3 is 15.0 Å². The quantitative estimate of drug-likeness (QED) is 0.609. The fourth-order valence-corrected chi connectivity index (χ4v) is 3.68. The van der Waals surface area contributed by atoms with Gasteiger partial charge in [-0.15, -0.1) is 0 Å². The van der Waals surface area contributed by atoms with E-state index in [9.17, 15) is 19.2 Å². The van der Waals surface area contributed by atoms with Crippen molar-refractivity contribution in [2.24, 2.45) is 0 Å². The van der Waals surface area contributed by atoms with Gasteiger partial charge in [-0.1, -0.05) is 30.3 Å². The second-order valence-electron chi connectivity index (χ2n) is 7.41. The fourth-order valence-electron chi connectivity index (χ4n) is 3.68. The monoisotopic (exact) mass is 387 g/mol. The standard InChI is InChI=1S/C20H25N3O5/c1-14-8-6-7-11-22(14)16(24)13-28-17(25)12-23-18(26)20(2,21-19(23)27)15-9-4-3-5-10-15/h3-5,9-10,14H,6-8,11-13H2,1-2H3,(H,21,27)/t14-,20+/m1/s1. The Balaban J connectivity index is 1.57. The molecule has 28 heavy (non-hydrogen) atoms. The van der Waals surface area contributed by atoms with Gasteiger partial charge in [0, 0.05) is 12.6 Å². The summed E-state index contributed by atoms with van der Waals surface area (Å²) in [6, 6.07) is 8.27. The molecular formula is C20H25N3O5. The summed E-state index contributed by atoms with van der Waals surface area (Å²) in [6.07, 6.45) is 2.95. The van der Waals surface area contributed by atoms with Crippen molar-refractivity contribution in [2.45, 2.75) is 44.7 Å². The van der Waals surface area contributed by atoms with Gasteiger partial charge in [-0.2, -0.15) is 0 Å². The average molecular weight is 387 g/mol. The van der Waals surface area contributed by atoms with E-state index < -0.39 is 30.0 Å². The van der Waals surface area contributed by atoms with Gasteiger partial charge in [0.1, 0.15) is 12.1 Å². The molecule has 150 valence electrons. The largest absolute Gasteiger partial charge is 0.454 e. The first kappa shape index (κ1) is 19.9. The lowest BCUT2D eigenvalue weighted by molar-refractivity contribution is -0.155. The first-order valence-corrected chi connectivity index (χ1v) is 9.47. The van der Waals surface area contributed by atoms with Crippen LogP contribution in [-0.4, -0.2) is 59.4 Å². The lowest BCUT2D eigenvalue weighted by atomic mass is 9.92. The summed E-state index contributed by atoms with van der Waals surface area (Å²) in [4.78, 5) is 51.9. The summed E-state index contributed by atoms with van der Waals surface area (Å²) in [7, 11) is 0. The summed E-state index contributed by atoms with van der Waals surface area (Å²) >= 11 is 0. The van der Waals surface area contributed by atoms with Crippen LogP contribution in [0.4, 0.5) is 4.79 Å². The number of likely N-dealkylation sites (tertiary alicyclic amines) is 1. The molecule has 0 radical (unpaired) electrons. The minimum atomic E-state index is -1.24. The number of imide groups is 1. The lowest BCUT2D eigenvalue weighted by Crippen LogP contribution is -2.45. The van der Waals surface area contributed by atoms with E-state index in [1.54, 1.807) is 36.1 Å². The molecule has 0 unspecified atom stereocenters. The molecule has 0 bridgehead atoms. The third-order valence-corrected chi connectivity index (χ3v) is 5.39. The van der Waals surface area contributed by atoms with Crippen LogP contribution in [0.15, 0.2) is 30.3 Å². The van der Waals surface area contributed by atoms with Crippen LogP contribution in [0.3, 0.4) is 0 Å². The molecule has 0 aromatic heterocycles. The summed E-state index contributed by atoms with van der Waals surface area (Å²) < 4.78 is 5.03. The van der Waals surface area contributed by atoms with Crippen LogP contribution in [0.25, 0.3) is 0 Å². The van der Waals surface area contributed by atoms with Crippen LogP contribution in [0.5, 0.6) is 0 Å². The average Bonchev–Trinajstić information content (AvgIpc) is 2.91. The summed E-state index contributed by atoms with van der Waals surface area (Å²) in [5.74, 6) is -1.58. The van der Waals surface area contributed by atoms with E-state index >= 15 is 0 Å². The number of hydrogen-bond acceptors (Lipinski definition) is 5. The molecule has 1 N–H and O–H groups in total. The molecule has 2 saturated heterocycles. The van der Waals surface area contributed by atoms with Crippen molar-refractivity contribution in [3.05, 3.63) is 35.9 Å². The van der Waals surface area contributed by atoms with Gasteiger partial charge in [0.15, 0.2) is 6.61 Å². The molecule has 3 rings (SSSR count). The van der Waals surface area contributed by atoms with E-state index in [1.807, 2.05) is 13.0 Å². The van der Waals surface area contributed by atoms with Crippen LogP contribution in [-0.2, 0) is 24.7 Å². The SMILES string of the molecule is C[C@@H]1CCCCN1C(=O)COC(=O)CN1C(=O)N[C@@](C)(c2ccccc2)C1=O. The highest BCUT2D eigenvalue weighted by molar-refractivity contribution is 6.08. The van der Waals surface area contributed by atoms with Crippen LogP contribution in [0.1, 0.15) is 38.7 Å². The number of carbonyl (C=O) groups excluding carboxylic acids is 4. The fraction of sp³-hybridized carbons (Fsp3) is 0.500. The maximum atomic E-state index is 12.8. The summed E-state index contributed by atoms with van der Waals surface area (Å²) in [5.41, 5.74) is -0.615. The normalized spacial score (nSPS) is 24.9.